The van der Waals surface area contributed by atoms with Crippen molar-refractivity contribution in [2.75, 3.05) is 0 Å². The molecule has 0 spiro atoms. The average molecular weight is 637 g/mol. The molecule has 0 aromatic heterocycles. The van der Waals surface area contributed by atoms with Gasteiger partial charge in [0.15, 0.2) is 12.2 Å². The first-order chi connectivity index (χ1) is 22.0. The largest absolute Gasteiger partial charge is 0.478 e. The molecule has 8 bridgehead atoms. The molecular formula is C34H36O12. The van der Waals surface area contributed by atoms with Crippen molar-refractivity contribution < 1.29 is 57.8 Å². The third kappa shape index (κ3) is 4.73. The summed E-state index contributed by atoms with van der Waals surface area (Å²) >= 11 is 0. The van der Waals surface area contributed by atoms with E-state index in [1.807, 2.05) is 13.8 Å². The molecule has 2 aromatic carbocycles. The second-order valence-corrected chi connectivity index (χ2v) is 13.1. The smallest absolute Gasteiger partial charge is 0.339 e. The van der Waals surface area contributed by atoms with Crippen LogP contribution in [0.25, 0.3) is 0 Å². The summed E-state index contributed by atoms with van der Waals surface area (Å²) in [5.74, 6) is -2.74. The lowest BCUT2D eigenvalue weighted by Crippen LogP contribution is -2.49. The van der Waals surface area contributed by atoms with Crippen LogP contribution in [0.5, 0.6) is 0 Å². The Labute approximate surface area is 264 Å². The summed E-state index contributed by atoms with van der Waals surface area (Å²) < 4.78 is 35.2. The summed E-state index contributed by atoms with van der Waals surface area (Å²) in [7, 11) is 0. The van der Waals surface area contributed by atoms with Crippen molar-refractivity contribution >= 4 is 23.9 Å². The highest BCUT2D eigenvalue weighted by atomic mass is 16.7. The highest BCUT2D eigenvalue weighted by Gasteiger charge is 2.66. The first-order valence-corrected chi connectivity index (χ1v) is 15.7. The highest BCUT2D eigenvalue weighted by Crippen LogP contribution is 2.52. The molecule has 8 saturated heterocycles. The Morgan fingerprint density at radius 1 is 0.478 bits per heavy atom. The number of hydrogen-bond donors (Lipinski definition) is 2. The van der Waals surface area contributed by atoms with E-state index in [0.717, 1.165) is 0 Å². The second-order valence-electron chi connectivity index (χ2n) is 13.1. The first kappa shape index (κ1) is 30.8. The summed E-state index contributed by atoms with van der Waals surface area (Å²) in [4.78, 5) is 47.4. The van der Waals surface area contributed by atoms with Crippen molar-refractivity contribution in [3.63, 3.8) is 0 Å². The van der Waals surface area contributed by atoms with Gasteiger partial charge in [-0.3, -0.25) is 0 Å². The molecule has 12 heteroatoms. The summed E-state index contributed by atoms with van der Waals surface area (Å²) in [6.07, 6.45) is -1.63. The minimum Gasteiger partial charge on any atom is -0.478 e. The molecule has 10 rings (SSSR count). The molecule has 0 radical (unpaired) electrons. The molecule has 8 aliphatic rings. The van der Waals surface area contributed by atoms with E-state index >= 15 is 0 Å². The van der Waals surface area contributed by atoms with Crippen LogP contribution in [0.1, 0.15) is 69.1 Å². The lowest BCUT2D eigenvalue weighted by molar-refractivity contribution is -0.152. The highest BCUT2D eigenvalue weighted by molar-refractivity contribution is 6.03. The van der Waals surface area contributed by atoms with Gasteiger partial charge in [-0.05, 0) is 24.3 Å². The first-order valence-electron chi connectivity index (χ1n) is 15.7. The van der Waals surface area contributed by atoms with Crippen molar-refractivity contribution in [3.8, 4) is 0 Å². The molecule has 14 atom stereocenters. The van der Waals surface area contributed by atoms with Gasteiger partial charge in [0.05, 0.1) is 46.7 Å². The molecule has 8 fully saturated rings. The third-order valence-electron chi connectivity index (χ3n) is 10.6. The zero-order valence-corrected chi connectivity index (χ0v) is 25.7. The van der Waals surface area contributed by atoms with Gasteiger partial charge in [-0.2, -0.15) is 0 Å². The zero-order chi connectivity index (χ0) is 32.6. The Hall–Kier alpha value is -3.84. The van der Waals surface area contributed by atoms with E-state index in [9.17, 15) is 29.4 Å². The fraction of sp³-hybridized carbons (Fsp3) is 0.529. The van der Waals surface area contributed by atoms with Gasteiger partial charge in [0.2, 0.25) is 0 Å². The Morgan fingerprint density at radius 2 is 0.783 bits per heavy atom. The lowest BCUT2D eigenvalue weighted by Gasteiger charge is -2.38. The van der Waals surface area contributed by atoms with Gasteiger partial charge in [-0.15, -0.1) is 0 Å². The Morgan fingerprint density at radius 3 is 1.13 bits per heavy atom. The molecule has 0 saturated carbocycles. The van der Waals surface area contributed by atoms with E-state index in [1.54, 1.807) is 24.3 Å². The number of ether oxygens (including phenoxy) is 6. The maximum Gasteiger partial charge on any atom is 0.339 e. The third-order valence-corrected chi connectivity index (χ3v) is 10.6. The number of esters is 2. The molecule has 12 nitrogen and oxygen atoms in total. The predicted octanol–water partition coefficient (Wildman–Crippen LogP) is 3.46. The van der Waals surface area contributed by atoms with Crippen LogP contribution >= 0.6 is 0 Å². The van der Waals surface area contributed by atoms with Crippen LogP contribution in [-0.4, -0.2) is 95.1 Å². The van der Waals surface area contributed by atoms with Gasteiger partial charge in [0.1, 0.15) is 24.4 Å². The molecule has 1 unspecified atom stereocenters. The van der Waals surface area contributed by atoms with Crippen LogP contribution in [-0.2, 0) is 28.4 Å². The van der Waals surface area contributed by atoms with Crippen molar-refractivity contribution in [2.45, 2.75) is 88.7 Å². The van der Waals surface area contributed by atoms with Crippen LogP contribution in [0.4, 0.5) is 0 Å². The van der Waals surface area contributed by atoms with Crippen molar-refractivity contribution in [1.29, 1.82) is 0 Å². The van der Waals surface area contributed by atoms with Gasteiger partial charge in [0, 0.05) is 23.7 Å². The maximum atomic E-state index is 12.5. The minimum absolute atomic E-state index is 0.0475. The number of carbonyl (C=O) groups excluding carboxylic acids is 2. The number of benzene rings is 2. The van der Waals surface area contributed by atoms with Gasteiger partial charge < -0.3 is 38.6 Å². The Bertz CT molecular complexity index is 1450. The molecular weight excluding hydrogens is 600 g/mol. The van der Waals surface area contributed by atoms with Crippen LogP contribution < -0.4 is 0 Å². The second kappa shape index (κ2) is 11.4. The summed E-state index contributed by atoms with van der Waals surface area (Å²) in [6.45, 7) is 8.25. The monoisotopic (exact) mass is 636 g/mol. The van der Waals surface area contributed by atoms with Gasteiger partial charge in [-0.25, -0.2) is 19.2 Å². The molecule has 8 aliphatic heterocycles. The molecule has 244 valence electrons. The van der Waals surface area contributed by atoms with E-state index in [4.69, 9.17) is 28.4 Å². The number of carboxylic acid groups (broad SMARTS) is 2. The molecule has 2 N–H and O–H groups in total. The summed E-state index contributed by atoms with van der Waals surface area (Å²) in [6, 6.07) is 12.1. The van der Waals surface area contributed by atoms with E-state index < -0.39 is 36.1 Å². The lowest BCUT2D eigenvalue weighted by atomic mass is 9.87. The summed E-state index contributed by atoms with van der Waals surface area (Å²) in [5, 5.41) is 18.4. The Balaban J connectivity index is 0.000000147. The number of carboxylic acids is 2. The van der Waals surface area contributed by atoms with E-state index in [0.29, 0.717) is 0 Å². The standard InChI is InChI=1S/2C17H18O6/c2*1-7-11-8(2)13-15(14(21-11)12(7)22-13)23-17(20)10-6-4-3-5-9(10)16(18)19/h2*3-8,11-15H,1-2H3,(H,18,19)/t7-,8+,11+,12+,13?,14-,15-;7-,8+,11+,12+,13-,14-,15-/m01/s1. The van der Waals surface area contributed by atoms with Crippen molar-refractivity contribution in [1.82, 2.24) is 0 Å². The zero-order valence-electron chi connectivity index (χ0n) is 25.7. The fourth-order valence-electron chi connectivity index (χ4n) is 8.32. The van der Waals surface area contributed by atoms with Crippen molar-refractivity contribution in [2.24, 2.45) is 23.7 Å². The van der Waals surface area contributed by atoms with E-state index in [2.05, 4.69) is 13.8 Å². The quantitative estimate of drug-likeness (QED) is 0.445. The molecule has 2 aromatic rings. The topological polar surface area (TPSA) is 164 Å². The Kier molecular flexibility index (Phi) is 7.66. The van der Waals surface area contributed by atoms with Gasteiger partial charge >= 0.3 is 23.9 Å². The maximum absolute atomic E-state index is 12.5. The van der Waals surface area contributed by atoms with Crippen molar-refractivity contribution in [3.05, 3.63) is 70.8 Å². The van der Waals surface area contributed by atoms with Crippen LogP contribution in [0.3, 0.4) is 0 Å². The SMILES string of the molecule is C[C@@H]1[C@@H]2O[C@H]3[C@H](OC(=O)c4ccccc4C(=O)O)[C@H](O[C@@H]13)[C@H]2C.C[C@@H]1[C@H]2OC3[C@H](C)[C@@H]1O[C@@H]2[C@H]3OC(=O)c1ccccc1C(=O)O. The van der Waals surface area contributed by atoms with Gasteiger partial charge in [-0.1, -0.05) is 52.0 Å². The number of rotatable bonds is 6. The number of carbonyl (C=O) groups is 4. The van der Waals surface area contributed by atoms with Crippen LogP contribution in [0.2, 0.25) is 0 Å². The predicted molar refractivity (Wildman–Crippen MR) is 157 cm³/mol. The fourth-order valence-corrected chi connectivity index (χ4v) is 8.32. The van der Waals surface area contributed by atoms with Gasteiger partial charge in [0.25, 0.3) is 0 Å². The average Bonchev–Trinajstić information content (AvgIpc) is 3.68. The van der Waals surface area contributed by atoms with Crippen LogP contribution in [0.15, 0.2) is 48.5 Å². The minimum atomic E-state index is -1.15. The molecule has 8 heterocycles. The molecule has 0 amide bonds. The molecule has 46 heavy (non-hydrogen) atoms. The van der Waals surface area contributed by atoms with E-state index in [-0.39, 0.29) is 94.8 Å². The normalized spacial score (nSPS) is 40.3. The summed E-state index contributed by atoms with van der Waals surface area (Å²) in [5.41, 5.74) is -0.0162. The van der Waals surface area contributed by atoms with Crippen LogP contribution in [0, 0.1) is 23.7 Å². The number of aromatic carboxylic acids is 2. The number of hydrogen-bond acceptors (Lipinski definition) is 10. The molecule has 0 aliphatic carbocycles. The van der Waals surface area contributed by atoms with E-state index in [1.165, 1.54) is 24.3 Å².